The molecule has 3 nitrogen and oxygen atoms in total. The van der Waals surface area contributed by atoms with Gasteiger partial charge in [0.05, 0.1) is 24.2 Å². The second kappa shape index (κ2) is 4.82. The lowest BCUT2D eigenvalue weighted by atomic mass is 9.90. The van der Waals surface area contributed by atoms with E-state index in [0.29, 0.717) is 11.6 Å². The number of ketones is 1. The summed E-state index contributed by atoms with van der Waals surface area (Å²) in [6.45, 7) is 4.20. The summed E-state index contributed by atoms with van der Waals surface area (Å²) >= 11 is 0. The minimum absolute atomic E-state index is 0.0275. The van der Waals surface area contributed by atoms with Crippen molar-refractivity contribution in [2.45, 2.75) is 32.2 Å². The Kier molecular flexibility index (Phi) is 3.15. The monoisotopic (exact) mass is 258 g/mol. The molecular formula is C16H20NO2+. The molecule has 1 aromatic rings. The number of quaternary nitrogens is 1. The Labute approximate surface area is 113 Å². The fourth-order valence-electron chi connectivity index (χ4n) is 3.48. The molecule has 1 fully saturated rings. The van der Waals surface area contributed by atoms with Gasteiger partial charge in [-0.05, 0) is 18.6 Å². The second-order valence-electron chi connectivity index (χ2n) is 5.60. The predicted molar refractivity (Wildman–Crippen MR) is 73.6 cm³/mol. The number of phenols is 1. The van der Waals surface area contributed by atoms with Crippen molar-refractivity contribution in [3.05, 3.63) is 41.0 Å². The molecule has 2 aliphatic rings. The molecular weight excluding hydrogens is 238 g/mol. The maximum atomic E-state index is 12.7. The van der Waals surface area contributed by atoms with E-state index >= 15 is 0 Å². The van der Waals surface area contributed by atoms with E-state index in [-0.39, 0.29) is 11.5 Å². The Morgan fingerprint density at radius 3 is 3.00 bits per heavy atom. The third kappa shape index (κ3) is 2.08. The number of nitrogens with one attached hydrogen (secondary N) is 1. The third-order valence-corrected chi connectivity index (χ3v) is 4.43. The maximum absolute atomic E-state index is 12.7. The summed E-state index contributed by atoms with van der Waals surface area (Å²) in [4.78, 5) is 14.3. The Balaban J connectivity index is 1.98. The summed E-state index contributed by atoms with van der Waals surface area (Å²) in [6, 6.07) is 5.61. The molecule has 0 bridgehead atoms. The van der Waals surface area contributed by atoms with Gasteiger partial charge in [-0.25, -0.2) is 0 Å². The van der Waals surface area contributed by atoms with Crippen molar-refractivity contribution in [3.8, 4) is 5.75 Å². The van der Waals surface area contributed by atoms with Gasteiger partial charge in [-0.15, -0.1) is 0 Å². The topological polar surface area (TPSA) is 41.7 Å². The molecule has 0 saturated carbocycles. The molecule has 1 aromatic carbocycles. The molecule has 3 heteroatoms. The van der Waals surface area contributed by atoms with Crippen LogP contribution in [0.4, 0.5) is 0 Å². The number of carbonyl (C=O) groups is 1. The molecule has 0 radical (unpaired) electrons. The zero-order chi connectivity index (χ0) is 13.4. The van der Waals surface area contributed by atoms with Gasteiger partial charge in [-0.2, -0.15) is 0 Å². The van der Waals surface area contributed by atoms with Gasteiger partial charge in [0.2, 0.25) is 0 Å². The average molecular weight is 258 g/mol. The number of hydrogen-bond donors (Lipinski definition) is 2. The van der Waals surface area contributed by atoms with Crippen LogP contribution in [0, 0.1) is 6.92 Å². The van der Waals surface area contributed by atoms with Gasteiger partial charge >= 0.3 is 0 Å². The number of Topliss-reactive ketones (excluding diaryl/α,β-unsaturated/α-hetero) is 1. The lowest BCUT2D eigenvalue weighted by molar-refractivity contribution is -0.907. The average Bonchev–Trinajstić information content (AvgIpc) is 2.86. The largest absolute Gasteiger partial charge is 0.507 e. The molecule has 2 N–H and O–H groups in total. The van der Waals surface area contributed by atoms with Crippen molar-refractivity contribution < 1.29 is 14.8 Å². The third-order valence-electron chi connectivity index (χ3n) is 4.43. The van der Waals surface area contributed by atoms with Crippen molar-refractivity contribution in [1.29, 1.82) is 0 Å². The van der Waals surface area contributed by atoms with Crippen LogP contribution in [-0.4, -0.2) is 30.0 Å². The van der Waals surface area contributed by atoms with Crippen molar-refractivity contribution >= 4 is 5.78 Å². The zero-order valence-electron chi connectivity index (χ0n) is 11.3. The van der Waals surface area contributed by atoms with E-state index in [1.54, 1.807) is 17.0 Å². The normalized spacial score (nSPS) is 25.8. The van der Waals surface area contributed by atoms with Crippen molar-refractivity contribution in [3.63, 3.8) is 0 Å². The smallest absolute Gasteiger partial charge is 0.198 e. The molecule has 1 saturated heterocycles. The number of phenolic OH excluding ortho intramolecular Hbond substituents is 1. The minimum Gasteiger partial charge on any atom is -0.507 e. The van der Waals surface area contributed by atoms with Crippen LogP contribution in [0.5, 0.6) is 5.75 Å². The highest BCUT2D eigenvalue weighted by Gasteiger charge is 2.37. The van der Waals surface area contributed by atoms with Crippen LogP contribution < -0.4 is 4.90 Å². The van der Waals surface area contributed by atoms with Crippen LogP contribution in [-0.2, 0) is 0 Å². The van der Waals surface area contributed by atoms with Gasteiger partial charge in [-0.1, -0.05) is 18.2 Å². The van der Waals surface area contributed by atoms with Crippen LogP contribution in [0.2, 0.25) is 0 Å². The van der Waals surface area contributed by atoms with Crippen LogP contribution in [0.15, 0.2) is 29.8 Å². The number of benzene rings is 1. The second-order valence-corrected chi connectivity index (χ2v) is 5.60. The molecule has 0 aliphatic carbocycles. The highest BCUT2D eigenvalue weighted by molar-refractivity contribution is 6.12. The van der Waals surface area contributed by atoms with Crippen molar-refractivity contribution in [1.82, 2.24) is 0 Å². The predicted octanol–water partition coefficient (Wildman–Crippen LogP) is 1.26. The summed E-state index contributed by atoms with van der Waals surface area (Å²) < 4.78 is 0. The minimum atomic E-state index is 0.0275. The number of hydrogen-bond acceptors (Lipinski definition) is 2. The summed E-state index contributed by atoms with van der Waals surface area (Å²) in [6.07, 6.45) is 5.36. The van der Waals surface area contributed by atoms with E-state index in [4.69, 9.17) is 0 Å². The number of aryl methyl sites for hydroxylation is 1. The Bertz CT molecular complexity index is 527. The first-order valence-corrected chi connectivity index (χ1v) is 7.06. The standard InChI is InChI=1S/C16H19NO2/c1-11-5-2-8-14(18)15(11)16(19)12-6-3-9-17-10-4-7-13(12)17/h2,5-6,8,13,18H,3-4,7,9-10H2,1H3/p+1/t13-/m1/s1. The lowest BCUT2D eigenvalue weighted by Gasteiger charge is -2.27. The van der Waals surface area contributed by atoms with Crippen molar-refractivity contribution in [2.75, 3.05) is 13.1 Å². The van der Waals surface area contributed by atoms with E-state index < -0.39 is 0 Å². The summed E-state index contributed by atoms with van der Waals surface area (Å²) in [5.41, 5.74) is 2.27. The number of carbonyl (C=O) groups excluding carboxylic acids is 1. The summed E-state index contributed by atoms with van der Waals surface area (Å²) in [5, 5.41) is 9.98. The van der Waals surface area contributed by atoms with Gasteiger partial charge in [-0.3, -0.25) is 4.79 Å². The number of rotatable bonds is 2. The van der Waals surface area contributed by atoms with E-state index in [1.807, 2.05) is 13.0 Å². The highest BCUT2D eigenvalue weighted by atomic mass is 16.3. The van der Waals surface area contributed by atoms with Crippen LogP contribution in [0.3, 0.4) is 0 Å². The number of fused-ring (bicyclic) bond motifs is 1. The lowest BCUT2D eigenvalue weighted by Crippen LogP contribution is -3.14. The van der Waals surface area contributed by atoms with Gasteiger partial charge in [0.25, 0.3) is 0 Å². The molecule has 0 amide bonds. The molecule has 19 heavy (non-hydrogen) atoms. The van der Waals surface area contributed by atoms with Crippen LogP contribution in [0.25, 0.3) is 0 Å². The van der Waals surface area contributed by atoms with Gasteiger partial charge in [0.15, 0.2) is 5.78 Å². The van der Waals surface area contributed by atoms with Crippen molar-refractivity contribution in [2.24, 2.45) is 0 Å². The van der Waals surface area contributed by atoms with Gasteiger partial charge in [0, 0.05) is 19.3 Å². The van der Waals surface area contributed by atoms with Crippen LogP contribution in [0.1, 0.15) is 35.2 Å². The fraction of sp³-hybridized carbons (Fsp3) is 0.438. The molecule has 0 spiro atoms. The Morgan fingerprint density at radius 1 is 1.37 bits per heavy atom. The van der Waals surface area contributed by atoms with Crippen LogP contribution >= 0.6 is 0 Å². The molecule has 0 aromatic heterocycles. The first kappa shape index (κ1) is 12.4. The molecule has 2 heterocycles. The Morgan fingerprint density at radius 2 is 2.21 bits per heavy atom. The van der Waals surface area contributed by atoms with Gasteiger partial charge in [0.1, 0.15) is 11.8 Å². The summed E-state index contributed by atoms with van der Waals surface area (Å²) in [5.74, 6) is 0.135. The molecule has 2 aliphatic heterocycles. The maximum Gasteiger partial charge on any atom is 0.198 e. The first-order chi connectivity index (χ1) is 9.18. The molecule has 2 atom stereocenters. The molecule has 100 valence electrons. The van der Waals surface area contributed by atoms with E-state index in [2.05, 4.69) is 6.08 Å². The van der Waals surface area contributed by atoms with Gasteiger partial charge < -0.3 is 10.0 Å². The van der Waals surface area contributed by atoms with E-state index in [1.165, 1.54) is 13.0 Å². The first-order valence-electron chi connectivity index (χ1n) is 7.06. The SMILES string of the molecule is Cc1cccc(O)c1C(=O)C1=CCC[NH+]2CCC[C@H]12. The molecule has 1 unspecified atom stereocenters. The quantitative estimate of drug-likeness (QED) is 0.784. The van der Waals surface area contributed by atoms with E-state index in [9.17, 15) is 9.90 Å². The zero-order valence-corrected chi connectivity index (χ0v) is 11.3. The highest BCUT2D eigenvalue weighted by Crippen LogP contribution is 2.26. The number of aromatic hydroxyl groups is 1. The fourth-order valence-corrected chi connectivity index (χ4v) is 3.48. The summed E-state index contributed by atoms with van der Waals surface area (Å²) in [7, 11) is 0. The molecule has 3 rings (SSSR count). The van der Waals surface area contributed by atoms with E-state index in [0.717, 1.165) is 30.5 Å². The Hall–Kier alpha value is -1.61.